The number of nitrogens with zero attached hydrogens (tertiary/aromatic N) is 2. The number of nitrogens with one attached hydrogen (secondary N) is 1. The van der Waals surface area contributed by atoms with Crippen LogP contribution < -0.4 is 14.4 Å². The lowest BCUT2D eigenvalue weighted by atomic mass is 10.0. The lowest BCUT2D eigenvalue weighted by Gasteiger charge is -2.33. The molecule has 0 spiro atoms. The van der Waals surface area contributed by atoms with Crippen molar-refractivity contribution in [2.24, 2.45) is 0 Å². The van der Waals surface area contributed by atoms with E-state index in [1.807, 2.05) is 30.3 Å². The van der Waals surface area contributed by atoms with E-state index in [0.29, 0.717) is 33.5 Å². The van der Waals surface area contributed by atoms with Crippen molar-refractivity contribution in [1.29, 1.82) is 0 Å². The largest absolute Gasteiger partial charge is 0.497 e. The normalized spacial score (nSPS) is 14.2. The maximum atomic E-state index is 14.0. The highest BCUT2D eigenvalue weighted by molar-refractivity contribution is 7.92. The van der Waals surface area contributed by atoms with Crippen LogP contribution >= 0.6 is 23.2 Å². The second-order valence-corrected chi connectivity index (χ2v) is 13.8. The molecule has 0 bridgehead atoms. The summed E-state index contributed by atoms with van der Waals surface area (Å²) >= 11 is 12.7. The van der Waals surface area contributed by atoms with Gasteiger partial charge in [0.2, 0.25) is 21.8 Å². The highest BCUT2D eigenvalue weighted by Crippen LogP contribution is 2.26. The van der Waals surface area contributed by atoms with Crippen LogP contribution in [0.2, 0.25) is 10.0 Å². The monoisotopic (exact) mass is 659 g/mol. The van der Waals surface area contributed by atoms with Crippen LogP contribution in [0.5, 0.6) is 5.75 Å². The average molecular weight is 661 g/mol. The van der Waals surface area contributed by atoms with Crippen molar-refractivity contribution in [2.45, 2.75) is 63.6 Å². The Hall–Kier alpha value is -3.27. The number of methoxy groups -OCH3 is 1. The molecule has 8 nitrogen and oxygen atoms in total. The van der Waals surface area contributed by atoms with E-state index < -0.39 is 16.1 Å². The average Bonchev–Trinajstić information content (AvgIpc) is 3.51. The molecule has 0 aliphatic heterocycles. The number of benzene rings is 3. The van der Waals surface area contributed by atoms with Crippen molar-refractivity contribution < 1.29 is 22.7 Å². The number of halogens is 2. The molecule has 1 fully saturated rings. The molecule has 0 heterocycles. The zero-order valence-corrected chi connectivity index (χ0v) is 27.4. The molecule has 1 saturated carbocycles. The molecule has 3 aromatic carbocycles. The molecule has 236 valence electrons. The van der Waals surface area contributed by atoms with Gasteiger partial charge in [0.15, 0.2) is 0 Å². The summed E-state index contributed by atoms with van der Waals surface area (Å²) in [4.78, 5) is 29.5. The molecule has 0 saturated heterocycles. The van der Waals surface area contributed by atoms with Crippen LogP contribution in [-0.2, 0) is 32.6 Å². The van der Waals surface area contributed by atoms with Gasteiger partial charge in [-0.1, -0.05) is 72.4 Å². The number of carbonyl (C=O) groups excluding carboxylic acids is 2. The second kappa shape index (κ2) is 15.6. The van der Waals surface area contributed by atoms with Gasteiger partial charge in [0.25, 0.3) is 0 Å². The molecule has 1 N–H and O–H groups in total. The van der Waals surface area contributed by atoms with E-state index in [-0.39, 0.29) is 43.8 Å². The molecule has 44 heavy (non-hydrogen) atoms. The maximum absolute atomic E-state index is 14.0. The molecule has 1 aliphatic rings. The molecule has 1 atom stereocenters. The summed E-state index contributed by atoms with van der Waals surface area (Å²) in [5, 5.41) is 4.05. The Morgan fingerprint density at radius 3 is 2.30 bits per heavy atom. The van der Waals surface area contributed by atoms with Gasteiger partial charge in [-0.15, -0.1) is 0 Å². The lowest BCUT2D eigenvalue weighted by molar-refractivity contribution is -0.141. The zero-order valence-electron chi connectivity index (χ0n) is 25.0. The Morgan fingerprint density at radius 2 is 1.68 bits per heavy atom. The van der Waals surface area contributed by atoms with Gasteiger partial charge in [-0.25, -0.2) is 8.42 Å². The molecule has 0 aromatic heterocycles. The topological polar surface area (TPSA) is 96.0 Å². The van der Waals surface area contributed by atoms with Crippen molar-refractivity contribution in [2.75, 3.05) is 24.2 Å². The summed E-state index contributed by atoms with van der Waals surface area (Å²) in [6.45, 7) is 0.183. The summed E-state index contributed by atoms with van der Waals surface area (Å²) in [6.07, 6.45) is 5.65. The van der Waals surface area contributed by atoms with Crippen LogP contribution in [-0.4, -0.2) is 57.1 Å². The lowest BCUT2D eigenvalue weighted by Crippen LogP contribution is -2.52. The second-order valence-electron chi connectivity index (χ2n) is 11.1. The first-order valence-electron chi connectivity index (χ1n) is 14.7. The van der Waals surface area contributed by atoms with Gasteiger partial charge in [-0.3, -0.25) is 13.9 Å². The number of carbonyl (C=O) groups is 2. The van der Waals surface area contributed by atoms with Crippen molar-refractivity contribution in [1.82, 2.24) is 10.2 Å². The van der Waals surface area contributed by atoms with Gasteiger partial charge in [0.05, 0.1) is 19.1 Å². The number of ether oxygens (including phenoxy) is 1. The van der Waals surface area contributed by atoms with Crippen LogP contribution in [0.15, 0.2) is 72.8 Å². The summed E-state index contributed by atoms with van der Waals surface area (Å²) in [7, 11) is -2.09. The molecule has 11 heteroatoms. The van der Waals surface area contributed by atoms with E-state index in [2.05, 4.69) is 5.32 Å². The zero-order chi connectivity index (χ0) is 31.7. The Bertz CT molecular complexity index is 1510. The van der Waals surface area contributed by atoms with Crippen LogP contribution in [0, 0.1) is 0 Å². The fourth-order valence-electron chi connectivity index (χ4n) is 5.51. The molecule has 1 aliphatic carbocycles. The molecule has 4 rings (SSSR count). The third kappa shape index (κ3) is 9.36. The first-order valence-corrected chi connectivity index (χ1v) is 17.3. The Kier molecular flexibility index (Phi) is 11.9. The molecular formula is C33H39Cl2N3O5S. The van der Waals surface area contributed by atoms with E-state index >= 15 is 0 Å². The summed E-state index contributed by atoms with van der Waals surface area (Å²) in [6, 6.07) is 20.7. The fraction of sp³-hybridized carbons (Fsp3) is 0.394. The van der Waals surface area contributed by atoms with Crippen LogP contribution in [0.3, 0.4) is 0 Å². The quantitative estimate of drug-likeness (QED) is 0.221. The number of sulfonamides is 1. The van der Waals surface area contributed by atoms with E-state index in [9.17, 15) is 18.0 Å². The number of amides is 2. The minimum absolute atomic E-state index is 0.0232. The number of hydrogen-bond acceptors (Lipinski definition) is 5. The van der Waals surface area contributed by atoms with Gasteiger partial charge >= 0.3 is 0 Å². The fourth-order valence-corrected chi connectivity index (χ4v) is 6.94. The SMILES string of the molecule is COc1ccc(N(CCCC(=O)N(Cc2ccc(Cl)cc2Cl)C(Cc2ccccc2)C(=O)NC2CCCC2)S(C)(=O)=O)cc1. The van der Waals surface area contributed by atoms with Crippen molar-refractivity contribution >= 4 is 50.7 Å². The van der Waals surface area contributed by atoms with Crippen molar-refractivity contribution in [3.8, 4) is 5.75 Å². The van der Waals surface area contributed by atoms with Crippen molar-refractivity contribution in [3.05, 3.63) is 94.0 Å². The van der Waals surface area contributed by atoms with Crippen LogP contribution in [0.25, 0.3) is 0 Å². The summed E-state index contributed by atoms with van der Waals surface area (Å²) < 4.78 is 31.8. The first kappa shape index (κ1) is 33.6. The smallest absolute Gasteiger partial charge is 0.243 e. The van der Waals surface area contributed by atoms with Crippen molar-refractivity contribution in [3.63, 3.8) is 0 Å². The predicted octanol–water partition coefficient (Wildman–Crippen LogP) is 6.25. The Balaban J connectivity index is 1.60. The van der Waals surface area contributed by atoms with Crippen LogP contribution in [0.4, 0.5) is 5.69 Å². The van der Waals surface area contributed by atoms with Gasteiger partial charge in [-0.05, 0) is 66.8 Å². The van der Waals surface area contributed by atoms with Crippen LogP contribution in [0.1, 0.15) is 49.7 Å². The number of hydrogen-bond donors (Lipinski definition) is 1. The predicted molar refractivity (Wildman–Crippen MR) is 176 cm³/mol. The molecular weight excluding hydrogens is 621 g/mol. The van der Waals surface area contributed by atoms with Gasteiger partial charge in [-0.2, -0.15) is 0 Å². The standard InChI is InChI=1S/C33H39Cl2N3O5S/c1-43-29-18-16-28(17-19-29)38(44(2,41)42)20-8-13-32(39)37(23-25-14-15-26(34)22-30(25)35)31(21-24-9-4-3-5-10-24)33(40)36-27-11-6-7-12-27/h3-5,9-10,14-19,22,27,31H,6-8,11-13,20-21,23H2,1-2H3,(H,36,40). The third-order valence-corrected chi connectivity index (χ3v) is 9.62. The number of rotatable bonds is 14. The minimum atomic E-state index is -3.62. The summed E-state index contributed by atoms with van der Waals surface area (Å²) in [5.74, 6) is 0.117. The summed E-state index contributed by atoms with van der Waals surface area (Å²) in [5.41, 5.74) is 2.05. The van der Waals surface area contributed by atoms with Gasteiger partial charge in [0, 0.05) is 42.0 Å². The minimum Gasteiger partial charge on any atom is -0.497 e. The molecule has 3 aromatic rings. The first-order chi connectivity index (χ1) is 21.0. The Morgan fingerprint density at radius 1 is 1.00 bits per heavy atom. The highest BCUT2D eigenvalue weighted by atomic mass is 35.5. The van der Waals surface area contributed by atoms with Gasteiger partial charge in [0.1, 0.15) is 11.8 Å². The van der Waals surface area contributed by atoms with E-state index in [4.69, 9.17) is 27.9 Å². The molecule has 1 unspecified atom stereocenters. The van der Waals surface area contributed by atoms with E-state index in [1.165, 1.54) is 11.4 Å². The molecule has 2 amide bonds. The highest BCUT2D eigenvalue weighted by Gasteiger charge is 2.32. The van der Waals surface area contributed by atoms with Gasteiger partial charge < -0.3 is 15.0 Å². The van der Waals surface area contributed by atoms with E-state index in [1.54, 1.807) is 47.4 Å². The Labute approximate surface area is 270 Å². The molecule has 0 radical (unpaired) electrons. The van der Waals surface area contributed by atoms with E-state index in [0.717, 1.165) is 37.5 Å². The number of anilines is 1. The maximum Gasteiger partial charge on any atom is 0.243 e. The third-order valence-electron chi connectivity index (χ3n) is 7.84.